The number of nitrogens with zero attached hydrogens (tertiary/aromatic N) is 3. The van der Waals surface area contributed by atoms with Crippen LogP contribution in [0, 0.1) is 0 Å². The van der Waals surface area contributed by atoms with Gasteiger partial charge in [-0.3, -0.25) is 4.90 Å². The van der Waals surface area contributed by atoms with Gasteiger partial charge in [-0.15, -0.1) is 0 Å². The maximum Gasteiger partial charge on any atom is 0.416 e. The molecule has 1 unspecified atom stereocenters. The molecule has 0 spiro atoms. The average Bonchev–Trinajstić information content (AvgIpc) is 3.34. The van der Waals surface area contributed by atoms with E-state index < -0.39 is 24.5 Å². The van der Waals surface area contributed by atoms with Crippen LogP contribution in [-0.4, -0.2) is 41.5 Å². The fraction of sp³-hybridized carbons (Fsp3) is 0.409. The van der Waals surface area contributed by atoms with E-state index in [-0.39, 0.29) is 0 Å². The van der Waals surface area contributed by atoms with Crippen LogP contribution in [-0.2, 0) is 4.74 Å². The number of anilines is 1. The maximum absolute atomic E-state index is 12.9. The molecule has 1 atom stereocenters. The molecule has 0 bridgehead atoms. The van der Waals surface area contributed by atoms with Crippen LogP contribution < -0.4 is 9.64 Å². The van der Waals surface area contributed by atoms with Crippen molar-refractivity contribution in [1.82, 2.24) is 9.97 Å². The third-order valence-electron chi connectivity index (χ3n) is 4.16. The number of aromatic nitrogens is 2. The van der Waals surface area contributed by atoms with Crippen LogP contribution in [0.15, 0.2) is 28.8 Å². The monoisotopic (exact) mass is 447 g/mol. The van der Waals surface area contributed by atoms with Crippen LogP contribution in [0.1, 0.15) is 44.9 Å². The molecular formula is C22H26FN3O4S. The van der Waals surface area contributed by atoms with E-state index in [9.17, 15) is 9.18 Å². The molecule has 2 heterocycles. The summed E-state index contributed by atoms with van der Waals surface area (Å²) in [5.74, 6) is 0.959. The van der Waals surface area contributed by atoms with Crippen LogP contribution in [0.4, 0.5) is 14.3 Å². The standard InChI is InChI=1S/C22H26FN3O4S/c1-6-14(12-23)28-15-7-9-17-18(11-15)29-19(25-17)10-8-16-13-24-20(31-16)26(5)21(27)30-22(2,3)4/h7-11,13-14H,6,12H2,1-5H3/b10-8+. The van der Waals surface area contributed by atoms with Gasteiger partial charge in [0.25, 0.3) is 0 Å². The molecule has 3 rings (SSSR count). The number of carbonyl (C=O) groups excluding carboxylic acids is 1. The van der Waals surface area contributed by atoms with E-state index in [1.165, 1.54) is 16.2 Å². The maximum atomic E-state index is 12.9. The summed E-state index contributed by atoms with van der Waals surface area (Å²) < 4.78 is 29.6. The first kappa shape index (κ1) is 22.7. The van der Waals surface area contributed by atoms with Crippen molar-refractivity contribution in [2.24, 2.45) is 0 Å². The van der Waals surface area contributed by atoms with Gasteiger partial charge >= 0.3 is 6.09 Å². The number of thiazole rings is 1. The lowest BCUT2D eigenvalue weighted by Gasteiger charge is -2.23. The van der Waals surface area contributed by atoms with Gasteiger partial charge in [0, 0.05) is 30.3 Å². The van der Waals surface area contributed by atoms with E-state index in [4.69, 9.17) is 13.9 Å². The molecule has 9 heteroatoms. The molecule has 31 heavy (non-hydrogen) atoms. The largest absolute Gasteiger partial charge is 0.488 e. The van der Waals surface area contributed by atoms with Crippen LogP contribution in [0.25, 0.3) is 23.3 Å². The molecule has 0 fully saturated rings. The lowest BCUT2D eigenvalue weighted by molar-refractivity contribution is 0.0589. The van der Waals surface area contributed by atoms with Crippen LogP contribution in [0.5, 0.6) is 5.75 Å². The summed E-state index contributed by atoms with van der Waals surface area (Å²) in [6, 6.07) is 5.23. The zero-order valence-electron chi connectivity index (χ0n) is 18.2. The van der Waals surface area contributed by atoms with Gasteiger partial charge in [-0.1, -0.05) is 18.3 Å². The molecule has 1 amide bonds. The Hall–Kier alpha value is -2.94. The first-order valence-electron chi connectivity index (χ1n) is 9.92. The van der Waals surface area contributed by atoms with Gasteiger partial charge in [-0.25, -0.2) is 19.2 Å². The Labute approximate surface area is 184 Å². The number of ether oxygens (including phenoxy) is 2. The van der Waals surface area contributed by atoms with Crippen molar-refractivity contribution in [2.45, 2.75) is 45.8 Å². The van der Waals surface area contributed by atoms with Crippen molar-refractivity contribution >= 4 is 45.8 Å². The van der Waals surface area contributed by atoms with E-state index in [1.54, 1.807) is 37.5 Å². The number of hydrogen-bond acceptors (Lipinski definition) is 7. The van der Waals surface area contributed by atoms with E-state index in [0.29, 0.717) is 34.3 Å². The Balaban J connectivity index is 1.70. The first-order valence-corrected chi connectivity index (χ1v) is 10.7. The predicted molar refractivity (Wildman–Crippen MR) is 120 cm³/mol. The molecule has 1 aromatic carbocycles. The number of rotatable bonds is 7. The Morgan fingerprint density at radius 3 is 2.81 bits per heavy atom. The predicted octanol–water partition coefficient (Wildman–Crippen LogP) is 5.95. The second-order valence-corrected chi connectivity index (χ2v) is 8.94. The smallest absolute Gasteiger partial charge is 0.416 e. The summed E-state index contributed by atoms with van der Waals surface area (Å²) in [7, 11) is 1.62. The quantitative estimate of drug-likeness (QED) is 0.445. The molecule has 166 valence electrons. The Morgan fingerprint density at radius 2 is 2.13 bits per heavy atom. The fourth-order valence-electron chi connectivity index (χ4n) is 2.55. The number of alkyl halides is 1. The number of carbonyl (C=O) groups is 1. The third-order valence-corrected chi connectivity index (χ3v) is 5.20. The molecule has 7 nitrogen and oxygen atoms in total. The van der Waals surface area contributed by atoms with Gasteiger partial charge in [0.2, 0.25) is 5.89 Å². The van der Waals surface area contributed by atoms with Gasteiger partial charge < -0.3 is 13.9 Å². The second kappa shape index (κ2) is 9.47. The van der Waals surface area contributed by atoms with E-state index in [0.717, 1.165) is 4.88 Å². The minimum absolute atomic E-state index is 0.417. The minimum atomic E-state index is -0.577. The van der Waals surface area contributed by atoms with Crippen LogP contribution in [0.2, 0.25) is 0 Å². The number of benzene rings is 1. The molecular weight excluding hydrogens is 421 g/mol. The van der Waals surface area contributed by atoms with Crippen LogP contribution in [0.3, 0.4) is 0 Å². The summed E-state index contributed by atoms with van der Waals surface area (Å²) >= 11 is 1.34. The topological polar surface area (TPSA) is 77.7 Å². The van der Waals surface area contributed by atoms with Crippen molar-refractivity contribution in [3.8, 4) is 5.75 Å². The molecule has 0 N–H and O–H groups in total. The molecule has 0 saturated carbocycles. The van der Waals surface area contributed by atoms with Crippen molar-refractivity contribution in [3.05, 3.63) is 35.2 Å². The van der Waals surface area contributed by atoms with Gasteiger partial charge in [0.05, 0.1) is 0 Å². The zero-order chi connectivity index (χ0) is 22.6. The highest BCUT2D eigenvalue weighted by molar-refractivity contribution is 7.16. The molecule has 0 aliphatic rings. The van der Waals surface area contributed by atoms with Crippen molar-refractivity contribution in [1.29, 1.82) is 0 Å². The van der Waals surface area contributed by atoms with Crippen molar-refractivity contribution in [2.75, 3.05) is 18.6 Å². The number of fused-ring (bicyclic) bond motifs is 1. The highest BCUT2D eigenvalue weighted by Gasteiger charge is 2.22. The Morgan fingerprint density at radius 1 is 1.35 bits per heavy atom. The molecule has 0 radical (unpaired) electrons. The van der Waals surface area contributed by atoms with E-state index in [2.05, 4.69) is 9.97 Å². The van der Waals surface area contributed by atoms with Gasteiger partial charge in [-0.05, 0) is 45.4 Å². The Bertz CT molecular complexity index is 1070. The van der Waals surface area contributed by atoms with Gasteiger partial charge in [-0.2, -0.15) is 0 Å². The lowest BCUT2D eigenvalue weighted by Crippen LogP contribution is -2.34. The third kappa shape index (κ3) is 6.04. The molecule has 3 aromatic rings. The summed E-state index contributed by atoms with van der Waals surface area (Å²) in [6.07, 6.45) is 4.84. The molecule has 0 saturated heterocycles. The average molecular weight is 448 g/mol. The number of amides is 1. The first-order chi connectivity index (χ1) is 14.7. The SMILES string of the molecule is CCC(CF)Oc1ccc2nc(/C=C/c3cnc(N(C)C(=O)OC(C)(C)C)s3)oc2c1. The highest BCUT2D eigenvalue weighted by Crippen LogP contribution is 2.26. The summed E-state index contributed by atoms with van der Waals surface area (Å²) in [5.41, 5.74) is 0.655. The summed E-state index contributed by atoms with van der Waals surface area (Å²) in [6.45, 7) is 6.77. The normalized spacial score (nSPS) is 13.0. The molecule has 0 aliphatic heterocycles. The number of oxazole rings is 1. The van der Waals surface area contributed by atoms with Crippen molar-refractivity contribution in [3.63, 3.8) is 0 Å². The minimum Gasteiger partial charge on any atom is -0.488 e. The van der Waals surface area contributed by atoms with Gasteiger partial charge in [0.15, 0.2) is 10.7 Å². The summed E-state index contributed by atoms with van der Waals surface area (Å²) in [5, 5.41) is 0.520. The Kier molecular flexibility index (Phi) is 6.94. The molecule has 0 aliphatic carbocycles. The lowest BCUT2D eigenvalue weighted by atomic mass is 10.2. The summed E-state index contributed by atoms with van der Waals surface area (Å²) in [4.78, 5) is 23.1. The molecule has 2 aromatic heterocycles. The zero-order valence-corrected chi connectivity index (χ0v) is 19.0. The van der Waals surface area contributed by atoms with Crippen molar-refractivity contribution < 1.29 is 23.1 Å². The fourth-order valence-corrected chi connectivity index (χ4v) is 3.32. The number of hydrogen-bond donors (Lipinski definition) is 0. The van der Waals surface area contributed by atoms with Gasteiger partial charge in [0.1, 0.15) is 29.6 Å². The number of halogens is 1. The van der Waals surface area contributed by atoms with E-state index >= 15 is 0 Å². The van der Waals surface area contributed by atoms with E-state index in [1.807, 2.05) is 33.8 Å². The van der Waals surface area contributed by atoms with Crippen LogP contribution >= 0.6 is 11.3 Å². The second-order valence-electron chi connectivity index (χ2n) is 7.90. The highest BCUT2D eigenvalue weighted by atomic mass is 32.1.